The maximum Gasteiger partial charge on any atom is -0.0325 e. The van der Waals surface area contributed by atoms with Gasteiger partial charge in [-0.05, 0) is 24.7 Å². The Morgan fingerprint density at radius 1 is 1.00 bits per heavy atom. The van der Waals surface area contributed by atoms with Crippen molar-refractivity contribution in [1.82, 2.24) is 0 Å². The van der Waals surface area contributed by atoms with Crippen LogP contribution in [0.2, 0.25) is 0 Å². The van der Waals surface area contributed by atoms with Gasteiger partial charge in [0.05, 0.1) is 0 Å². The topological polar surface area (TPSA) is 0 Å². The molecule has 0 spiro atoms. The number of allylic oxidation sites excluding steroid dienone is 2. The normalized spacial score (nSPS) is 14.6. The van der Waals surface area contributed by atoms with Crippen molar-refractivity contribution in [3.63, 3.8) is 0 Å². The zero-order chi connectivity index (χ0) is 8.69. The molecule has 0 heteroatoms. The molecule has 0 saturated heterocycles. The predicted molar refractivity (Wildman–Crippen MR) is 52.7 cm³/mol. The SMILES string of the molecule is CCC(C)C/C=C/CC(C)C. The van der Waals surface area contributed by atoms with Crippen LogP contribution in [0.1, 0.15) is 47.0 Å². The largest absolute Gasteiger partial charge is 0.0883 e. The molecule has 0 aromatic rings. The molecule has 11 heavy (non-hydrogen) atoms. The van der Waals surface area contributed by atoms with Gasteiger partial charge < -0.3 is 0 Å². The first-order valence-electron chi connectivity index (χ1n) is 4.81. The van der Waals surface area contributed by atoms with Crippen LogP contribution < -0.4 is 0 Å². The van der Waals surface area contributed by atoms with Crippen molar-refractivity contribution >= 4 is 0 Å². The van der Waals surface area contributed by atoms with E-state index in [-0.39, 0.29) is 0 Å². The van der Waals surface area contributed by atoms with Crippen LogP contribution in [0.15, 0.2) is 12.2 Å². The van der Waals surface area contributed by atoms with Crippen molar-refractivity contribution in [3.05, 3.63) is 12.2 Å². The second-order valence-corrected chi connectivity index (χ2v) is 3.85. The summed E-state index contributed by atoms with van der Waals surface area (Å²) < 4.78 is 0. The molecular formula is C11H22. The van der Waals surface area contributed by atoms with Crippen LogP contribution in [-0.2, 0) is 0 Å². The van der Waals surface area contributed by atoms with Gasteiger partial charge in [0.25, 0.3) is 0 Å². The zero-order valence-electron chi connectivity index (χ0n) is 8.43. The van der Waals surface area contributed by atoms with Gasteiger partial charge in [0.2, 0.25) is 0 Å². The van der Waals surface area contributed by atoms with E-state index in [1.54, 1.807) is 0 Å². The molecule has 0 aromatic heterocycles. The summed E-state index contributed by atoms with van der Waals surface area (Å²) in [4.78, 5) is 0. The Morgan fingerprint density at radius 3 is 2.00 bits per heavy atom. The molecule has 66 valence electrons. The van der Waals surface area contributed by atoms with Crippen molar-refractivity contribution in [3.8, 4) is 0 Å². The highest BCUT2D eigenvalue weighted by molar-refractivity contribution is 4.83. The third-order valence-electron chi connectivity index (χ3n) is 2.01. The van der Waals surface area contributed by atoms with Crippen molar-refractivity contribution in [2.75, 3.05) is 0 Å². The Labute approximate surface area is 71.7 Å². The average Bonchev–Trinajstić information content (AvgIpc) is 1.97. The first-order valence-corrected chi connectivity index (χ1v) is 4.81. The first-order chi connectivity index (χ1) is 5.16. The van der Waals surface area contributed by atoms with E-state index in [1.807, 2.05) is 0 Å². The summed E-state index contributed by atoms with van der Waals surface area (Å²) in [6, 6.07) is 0. The van der Waals surface area contributed by atoms with E-state index < -0.39 is 0 Å². The Balaban J connectivity index is 3.29. The second-order valence-electron chi connectivity index (χ2n) is 3.85. The zero-order valence-corrected chi connectivity index (χ0v) is 8.43. The summed E-state index contributed by atoms with van der Waals surface area (Å²) in [6.45, 7) is 9.07. The standard InChI is InChI=1S/C11H22/c1-5-11(4)9-7-6-8-10(2)3/h6-7,10-11H,5,8-9H2,1-4H3/b7-6+. The molecule has 0 aliphatic rings. The average molecular weight is 154 g/mol. The van der Waals surface area contributed by atoms with E-state index in [2.05, 4.69) is 39.8 Å². The lowest BCUT2D eigenvalue weighted by Crippen LogP contribution is -1.88. The second kappa shape index (κ2) is 6.45. The van der Waals surface area contributed by atoms with Crippen LogP contribution in [-0.4, -0.2) is 0 Å². The Kier molecular flexibility index (Phi) is 6.30. The van der Waals surface area contributed by atoms with E-state index in [4.69, 9.17) is 0 Å². The van der Waals surface area contributed by atoms with Gasteiger partial charge in [-0.15, -0.1) is 0 Å². The van der Waals surface area contributed by atoms with Crippen LogP contribution in [0, 0.1) is 11.8 Å². The van der Waals surface area contributed by atoms with Crippen molar-refractivity contribution in [1.29, 1.82) is 0 Å². The Hall–Kier alpha value is -0.260. The van der Waals surface area contributed by atoms with Gasteiger partial charge in [-0.3, -0.25) is 0 Å². The van der Waals surface area contributed by atoms with Crippen LogP contribution >= 0.6 is 0 Å². The maximum absolute atomic E-state index is 2.33. The molecule has 0 radical (unpaired) electrons. The van der Waals surface area contributed by atoms with Gasteiger partial charge in [-0.1, -0.05) is 46.3 Å². The monoisotopic (exact) mass is 154 g/mol. The summed E-state index contributed by atoms with van der Waals surface area (Å²) >= 11 is 0. The minimum atomic E-state index is 0.809. The van der Waals surface area contributed by atoms with Crippen LogP contribution in [0.5, 0.6) is 0 Å². The van der Waals surface area contributed by atoms with E-state index in [1.165, 1.54) is 19.3 Å². The molecule has 0 saturated carbocycles. The third kappa shape index (κ3) is 7.64. The molecule has 0 amide bonds. The van der Waals surface area contributed by atoms with Gasteiger partial charge in [-0.2, -0.15) is 0 Å². The number of hydrogen-bond acceptors (Lipinski definition) is 0. The lowest BCUT2D eigenvalue weighted by atomic mass is 10.0. The van der Waals surface area contributed by atoms with Gasteiger partial charge in [0.1, 0.15) is 0 Å². The van der Waals surface area contributed by atoms with E-state index >= 15 is 0 Å². The highest BCUT2D eigenvalue weighted by Crippen LogP contribution is 2.08. The smallest absolute Gasteiger partial charge is 0.0325 e. The summed E-state index contributed by atoms with van der Waals surface area (Å²) in [5.74, 6) is 1.67. The summed E-state index contributed by atoms with van der Waals surface area (Å²) in [5.41, 5.74) is 0. The molecule has 1 atom stereocenters. The molecule has 0 heterocycles. The summed E-state index contributed by atoms with van der Waals surface area (Å²) in [5, 5.41) is 0. The van der Waals surface area contributed by atoms with E-state index in [9.17, 15) is 0 Å². The third-order valence-corrected chi connectivity index (χ3v) is 2.01. The highest BCUT2D eigenvalue weighted by Gasteiger charge is 1.93. The van der Waals surface area contributed by atoms with Gasteiger partial charge in [-0.25, -0.2) is 0 Å². The molecule has 0 fully saturated rings. The first kappa shape index (κ1) is 10.7. The fourth-order valence-electron chi connectivity index (χ4n) is 0.864. The molecule has 0 N–H and O–H groups in total. The summed E-state index contributed by atoms with van der Waals surface area (Å²) in [6.07, 6.45) is 8.43. The van der Waals surface area contributed by atoms with Crippen molar-refractivity contribution in [2.45, 2.75) is 47.0 Å². The maximum atomic E-state index is 2.33. The fraction of sp³-hybridized carbons (Fsp3) is 0.818. The van der Waals surface area contributed by atoms with E-state index in [0.29, 0.717) is 0 Å². The van der Waals surface area contributed by atoms with Gasteiger partial charge in [0.15, 0.2) is 0 Å². The molecule has 0 aliphatic heterocycles. The quantitative estimate of drug-likeness (QED) is 0.524. The molecule has 0 aromatic carbocycles. The molecule has 1 unspecified atom stereocenters. The molecule has 0 rings (SSSR count). The lowest BCUT2D eigenvalue weighted by Gasteiger charge is -2.02. The number of hydrogen-bond donors (Lipinski definition) is 0. The van der Waals surface area contributed by atoms with Crippen molar-refractivity contribution in [2.24, 2.45) is 11.8 Å². The number of rotatable bonds is 5. The molecule has 0 aliphatic carbocycles. The minimum Gasteiger partial charge on any atom is -0.0883 e. The minimum absolute atomic E-state index is 0.809. The molecule has 0 bridgehead atoms. The fourth-order valence-corrected chi connectivity index (χ4v) is 0.864. The lowest BCUT2D eigenvalue weighted by molar-refractivity contribution is 0.569. The van der Waals surface area contributed by atoms with Gasteiger partial charge >= 0.3 is 0 Å². The van der Waals surface area contributed by atoms with Crippen LogP contribution in [0.3, 0.4) is 0 Å². The van der Waals surface area contributed by atoms with Crippen molar-refractivity contribution < 1.29 is 0 Å². The molecular weight excluding hydrogens is 132 g/mol. The van der Waals surface area contributed by atoms with Gasteiger partial charge in [0, 0.05) is 0 Å². The van der Waals surface area contributed by atoms with Crippen LogP contribution in [0.4, 0.5) is 0 Å². The summed E-state index contributed by atoms with van der Waals surface area (Å²) in [7, 11) is 0. The van der Waals surface area contributed by atoms with E-state index in [0.717, 1.165) is 11.8 Å². The predicted octanol–water partition coefficient (Wildman–Crippen LogP) is 4.02. The Morgan fingerprint density at radius 2 is 1.55 bits per heavy atom. The van der Waals surface area contributed by atoms with Crippen LogP contribution in [0.25, 0.3) is 0 Å². The molecule has 0 nitrogen and oxygen atoms in total. The highest BCUT2D eigenvalue weighted by atomic mass is 14.0. The Bertz CT molecular complexity index is 101.